The van der Waals surface area contributed by atoms with Crippen LogP contribution in [0.5, 0.6) is 0 Å². The summed E-state index contributed by atoms with van der Waals surface area (Å²) in [6.07, 6.45) is 3.28. The number of aryl methyl sites for hydroxylation is 1. The molecule has 1 aromatic carbocycles. The first-order valence-electron chi connectivity index (χ1n) is 6.80. The summed E-state index contributed by atoms with van der Waals surface area (Å²) in [5.74, 6) is 0.481. The van der Waals surface area contributed by atoms with Crippen molar-refractivity contribution in [2.75, 3.05) is 0 Å². The number of hydrogen-bond donors (Lipinski definition) is 0. The molecule has 1 rings (SSSR count). The van der Waals surface area contributed by atoms with Crippen molar-refractivity contribution in [3.8, 4) is 0 Å². The van der Waals surface area contributed by atoms with Gasteiger partial charge < -0.3 is 0 Å². The summed E-state index contributed by atoms with van der Waals surface area (Å²) >= 11 is 0. The molecule has 0 spiro atoms. The van der Waals surface area contributed by atoms with E-state index in [9.17, 15) is 0 Å². The van der Waals surface area contributed by atoms with Crippen molar-refractivity contribution >= 4 is 5.71 Å². The summed E-state index contributed by atoms with van der Waals surface area (Å²) in [7, 11) is 0. The molecule has 0 aliphatic rings. The maximum atomic E-state index is 4.73. The van der Waals surface area contributed by atoms with E-state index in [1.807, 2.05) is 0 Å². The highest BCUT2D eigenvalue weighted by Gasteiger charge is 2.01. The lowest BCUT2D eigenvalue weighted by molar-refractivity contribution is 0.870. The number of rotatable bonds is 5. The Bertz CT molecular complexity index is 417. The van der Waals surface area contributed by atoms with Gasteiger partial charge in [0.2, 0.25) is 0 Å². The second kappa shape index (κ2) is 7.15. The Morgan fingerprint density at radius 2 is 1.67 bits per heavy atom. The summed E-state index contributed by atoms with van der Waals surface area (Å²) in [6.45, 7) is 11.6. The fourth-order valence-electron chi connectivity index (χ4n) is 1.75. The second-order valence-corrected chi connectivity index (χ2v) is 5.29. The van der Waals surface area contributed by atoms with Crippen molar-refractivity contribution in [1.29, 1.82) is 0 Å². The van der Waals surface area contributed by atoms with Crippen LogP contribution in [0.2, 0.25) is 0 Å². The van der Waals surface area contributed by atoms with Gasteiger partial charge in [-0.2, -0.15) is 0 Å². The van der Waals surface area contributed by atoms with Crippen molar-refractivity contribution in [1.82, 2.24) is 0 Å². The Hall–Kier alpha value is -1.37. The molecule has 0 aliphatic carbocycles. The smallest absolute Gasteiger partial charge is 0.0643 e. The van der Waals surface area contributed by atoms with Gasteiger partial charge in [0.25, 0.3) is 0 Å². The van der Waals surface area contributed by atoms with Crippen LogP contribution in [0.4, 0.5) is 0 Å². The minimum absolute atomic E-state index is 0.481. The van der Waals surface area contributed by atoms with Crippen LogP contribution in [0.3, 0.4) is 0 Å². The molecular weight excluding hydrogens is 218 g/mol. The normalized spacial score (nSPS) is 11.8. The molecule has 1 aromatic rings. The van der Waals surface area contributed by atoms with Gasteiger partial charge in [-0.3, -0.25) is 4.99 Å². The Balaban J connectivity index is 2.78. The number of allylic oxidation sites excluding steroid dienone is 2. The van der Waals surface area contributed by atoms with Crippen LogP contribution >= 0.6 is 0 Å². The van der Waals surface area contributed by atoms with E-state index in [0.717, 1.165) is 13.0 Å². The van der Waals surface area contributed by atoms with Gasteiger partial charge in [0.05, 0.1) is 6.54 Å². The maximum Gasteiger partial charge on any atom is 0.0643 e. The van der Waals surface area contributed by atoms with E-state index in [1.54, 1.807) is 0 Å². The lowest BCUT2D eigenvalue weighted by atomic mass is 10.1. The monoisotopic (exact) mass is 243 g/mol. The lowest BCUT2D eigenvalue weighted by Gasteiger charge is -2.07. The zero-order chi connectivity index (χ0) is 13.5. The van der Waals surface area contributed by atoms with Gasteiger partial charge in [-0.1, -0.05) is 50.6 Å². The standard InChI is InChI=1S/C17H25N/c1-6-15-7-9-16(10-8-15)12-18-17(14(4)5)11-13(2)3/h7-11,14H,6,12H2,1-5H3. The first-order chi connectivity index (χ1) is 8.52. The molecule has 18 heavy (non-hydrogen) atoms. The van der Waals surface area contributed by atoms with Crippen LogP contribution in [0.1, 0.15) is 45.7 Å². The SMILES string of the molecule is CCc1ccc(CN=C(C=C(C)C)C(C)C)cc1. The third-order valence-electron chi connectivity index (χ3n) is 2.90. The molecule has 0 bridgehead atoms. The van der Waals surface area contributed by atoms with Crippen LogP contribution in [0.15, 0.2) is 40.9 Å². The van der Waals surface area contributed by atoms with E-state index in [-0.39, 0.29) is 0 Å². The Morgan fingerprint density at radius 1 is 1.11 bits per heavy atom. The summed E-state index contributed by atoms with van der Waals surface area (Å²) in [6, 6.07) is 8.76. The molecule has 0 unspecified atom stereocenters. The van der Waals surface area contributed by atoms with Crippen LogP contribution in [0, 0.1) is 5.92 Å². The number of nitrogens with zero attached hydrogens (tertiary/aromatic N) is 1. The van der Waals surface area contributed by atoms with Crippen molar-refractivity contribution < 1.29 is 0 Å². The maximum absolute atomic E-state index is 4.73. The number of aliphatic imine (C=N–C) groups is 1. The van der Waals surface area contributed by atoms with E-state index >= 15 is 0 Å². The Labute approximate surface area is 112 Å². The van der Waals surface area contributed by atoms with Gasteiger partial charge in [-0.05, 0) is 43.4 Å². The van der Waals surface area contributed by atoms with Crippen LogP contribution in [-0.4, -0.2) is 5.71 Å². The molecule has 0 saturated heterocycles. The third kappa shape index (κ3) is 4.87. The van der Waals surface area contributed by atoms with Gasteiger partial charge in [-0.15, -0.1) is 0 Å². The molecule has 0 fully saturated rings. The first kappa shape index (κ1) is 14.7. The molecule has 0 atom stereocenters. The molecule has 0 radical (unpaired) electrons. The minimum atomic E-state index is 0.481. The van der Waals surface area contributed by atoms with Gasteiger partial charge >= 0.3 is 0 Å². The highest BCUT2D eigenvalue weighted by Crippen LogP contribution is 2.09. The summed E-state index contributed by atoms with van der Waals surface area (Å²) < 4.78 is 0. The number of hydrogen-bond acceptors (Lipinski definition) is 1. The zero-order valence-corrected chi connectivity index (χ0v) is 12.3. The fourth-order valence-corrected chi connectivity index (χ4v) is 1.75. The highest BCUT2D eigenvalue weighted by atomic mass is 14.7. The average molecular weight is 243 g/mol. The molecule has 98 valence electrons. The molecule has 0 aliphatic heterocycles. The molecule has 1 heteroatoms. The van der Waals surface area contributed by atoms with Gasteiger partial charge in [0, 0.05) is 5.71 Å². The van der Waals surface area contributed by atoms with E-state index in [2.05, 4.69) is 65.0 Å². The van der Waals surface area contributed by atoms with Gasteiger partial charge in [0.1, 0.15) is 0 Å². The van der Waals surface area contributed by atoms with Gasteiger partial charge in [0.15, 0.2) is 0 Å². The molecule has 0 aromatic heterocycles. The second-order valence-electron chi connectivity index (χ2n) is 5.29. The summed E-state index contributed by atoms with van der Waals surface area (Å²) in [4.78, 5) is 4.73. The summed E-state index contributed by atoms with van der Waals surface area (Å²) in [5, 5.41) is 0. The van der Waals surface area contributed by atoms with Crippen molar-refractivity contribution in [3.05, 3.63) is 47.0 Å². The molecule has 1 nitrogen and oxygen atoms in total. The van der Waals surface area contributed by atoms with E-state index in [1.165, 1.54) is 22.4 Å². The Kier molecular flexibility index (Phi) is 5.84. The largest absolute Gasteiger partial charge is 0.285 e. The topological polar surface area (TPSA) is 12.4 Å². The predicted molar refractivity (Wildman–Crippen MR) is 81.2 cm³/mol. The van der Waals surface area contributed by atoms with E-state index < -0.39 is 0 Å². The van der Waals surface area contributed by atoms with Gasteiger partial charge in [-0.25, -0.2) is 0 Å². The lowest BCUT2D eigenvalue weighted by Crippen LogP contribution is -2.05. The van der Waals surface area contributed by atoms with Crippen LogP contribution < -0.4 is 0 Å². The highest BCUT2D eigenvalue weighted by molar-refractivity contribution is 5.96. The van der Waals surface area contributed by atoms with Crippen molar-refractivity contribution in [3.63, 3.8) is 0 Å². The fraction of sp³-hybridized carbons (Fsp3) is 0.471. The van der Waals surface area contributed by atoms with Crippen molar-refractivity contribution in [2.45, 2.75) is 47.6 Å². The zero-order valence-electron chi connectivity index (χ0n) is 12.3. The molecule has 0 saturated carbocycles. The Morgan fingerprint density at radius 3 is 2.11 bits per heavy atom. The van der Waals surface area contributed by atoms with E-state index in [0.29, 0.717) is 5.92 Å². The first-order valence-corrected chi connectivity index (χ1v) is 6.80. The minimum Gasteiger partial charge on any atom is -0.285 e. The quantitative estimate of drug-likeness (QED) is 0.658. The molecule has 0 heterocycles. The van der Waals surface area contributed by atoms with Crippen LogP contribution in [-0.2, 0) is 13.0 Å². The molecular formula is C17H25N. The average Bonchev–Trinajstić information content (AvgIpc) is 2.34. The van der Waals surface area contributed by atoms with E-state index in [4.69, 9.17) is 4.99 Å². The molecule has 0 N–H and O–H groups in total. The summed E-state index contributed by atoms with van der Waals surface area (Å²) in [5.41, 5.74) is 5.17. The van der Waals surface area contributed by atoms with Crippen molar-refractivity contribution in [2.24, 2.45) is 10.9 Å². The predicted octanol–water partition coefficient (Wildman–Crippen LogP) is 4.81. The number of benzene rings is 1. The van der Waals surface area contributed by atoms with Crippen LogP contribution in [0.25, 0.3) is 0 Å². The molecule has 0 amide bonds. The third-order valence-corrected chi connectivity index (χ3v) is 2.90.